The van der Waals surface area contributed by atoms with E-state index in [0.717, 1.165) is 32.0 Å². The van der Waals surface area contributed by atoms with Crippen molar-refractivity contribution >= 4 is 11.6 Å². The molecule has 1 aromatic rings. The van der Waals surface area contributed by atoms with Crippen LogP contribution in [0, 0.1) is 5.92 Å². The lowest BCUT2D eigenvalue weighted by Gasteiger charge is -2.25. The summed E-state index contributed by atoms with van der Waals surface area (Å²) in [5, 5.41) is 3.64. The van der Waals surface area contributed by atoms with Crippen molar-refractivity contribution in [1.29, 1.82) is 0 Å². The smallest absolute Gasteiger partial charge is 0.240 e. The van der Waals surface area contributed by atoms with Crippen LogP contribution in [0.1, 0.15) is 37.7 Å². The third-order valence-electron chi connectivity index (χ3n) is 5.94. The van der Waals surface area contributed by atoms with Crippen LogP contribution in [0.3, 0.4) is 0 Å². The Balaban J connectivity index is 1.49. The zero-order valence-corrected chi connectivity index (χ0v) is 14.0. The lowest BCUT2D eigenvalue weighted by molar-refractivity contribution is -0.133. The molecular formula is C19H27N3O. The van der Waals surface area contributed by atoms with Gasteiger partial charge in [-0.15, -0.1) is 0 Å². The normalized spacial score (nSPS) is 30.6. The predicted molar refractivity (Wildman–Crippen MR) is 92.4 cm³/mol. The Labute approximate surface area is 138 Å². The molecule has 3 unspecified atom stereocenters. The van der Waals surface area contributed by atoms with Gasteiger partial charge < -0.3 is 15.1 Å². The first-order chi connectivity index (χ1) is 11.2. The largest absolute Gasteiger partial charge is 0.373 e. The molecule has 2 heterocycles. The topological polar surface area (TPSA) is 35.6 Å². The number of para-hydroxylation sites is 1. The minimum atomic E-state index is 0.0404. The SMILES string of the molecule is CN1CCN(C(=O)C2CC3CCCCC3N2)Cc2ccccc21. The highest BCUT2D eigenvalue weighted by molar-refractivity contribution is 5.83. The molecule has 0 aromatic heterocycles. The van der Waals surface area contributed by atoms with Crippen molar-refractivity contribution in [1.82, 2.24) is 10.2 Å². The molecule has 1 aliphatic carbocycles. The van der Waals surface area contributed by atoms with Crippen LogP contribution in [0.15, 0.2) is 24.3 Å². The summed E-state index contributed by atoms with van der Waals surface area (Å²) >= 11 is 0. The van der Waals surface area contributed by atoms with Gasteiger partial charge in [0.15, 0.2) is 0 Å². The van der Waals surface area contributed by atoms with Crippen LogP contribution in [0.2, 0.25) is 0 Å². The molecule has 1 amide bonds. The van der Waals surface area contributed by atoms with Gasteiger partial charge in [-0.05, 0) is 36.8 Å². The highest BCUT2D eigenvalue weighted by Crippen LogP contribution is 2.34. The second-order valence-corrected chi connectivity index (χ2v) is 7.42. The maximum absolute atomic E-state index is 13.1. The number of hydrogen-bond acceptors (Lipinski definition) is 3. The molecule has 3 atom stereocenters. The number of carbonyl (C=O) groups is 1. The van der Waals surface area contributed by atoms with Gasteiger partial charge in [0.1, 0.15) is 0 Å². The number of nitrogens with one attached hydrogen (secondary N) is 1. The number of carbonyl (C=O) groups excluding carboxylic acids is 1. The van der Waals surface area contributed by atoms with E-state index < -0.39 is 0 Å². The fraction of sp³-hybridized carbons (Fsp3) is 0.632. The Morgan fingerprint density at radius 3 is 2.87 bits per heavy atom. The second-order valence-electron chi connectivity index (χ2n) is 7.42. The van der Waals surface area contributed by atoms with Crippen molar-refractivity contribution in [3.63, 3.8) is 0 Å². The van der Waals surface area contributed by atoms with E-state index >= 15 is 0 Å². The fourth-order valence-electron chi connectivity index (χ4n) is 4.61. The van der Waals surface area contributed by atoms with Crippen molar-refractivity contribution in [3.05, 3.63) is 29.8 Å². The Hall–Kier alpha value is -1.55. The highest BCUT2D eigenvalue weighted by atomic mass is 16.2. The van der Waals surface area contributed by atoms with E-state index in [1.165, 1.54) is 36.9 Å². The van der Waals surface area contributed by atoms with Crippen molar-refractivity contribution in [2.24, 2.45) is 5.92 Å². The molecule has 23 heavy (non-hydrogen) atoms. The lowest BCUT2D eigenvalue weighted by Crippen LogP contribution is -2.46. The van der Waals surface area contributed by atoms with Crippen LogP contribution >= 0.6 is 0 Å². The van der Waals surface area contributed by atoms with Gasteiger partial charge in [-0.25, -0.2) is 0 Å². The van der Waals surface area contributed by atoms with E-state index in [1.54, 1.807) is 0 Å². The van der Waals surface area contributed by atoms with Gasteiger partial charge in [-0.2, -0.15) is 0 Å². The predicted octanol–water partition coefficient (Wildman–Crippen LogP) is 2.39. The number of rotatable bonds is 1. The van der Waals surface area contributed by atoms with Gasteiger partial charge in [0, 0.05) is 38.4 Å². The Morgan fingerprint density at radius 2 is 2.00 bits per heavy atom. The first kappa shape index (κ1) is 15.0. The lowest BCUT2D eigenvalue weighted by atomic mass is 9.85. The zero-order valence-electron chi connectivity index (χ0n) is 14.0. The van der Waals surface area contributed by atoms with Crippen LogP contribution < -0.4 is 10.2 Å². The van der Waals surface area contributed by atoms with E-state index in [1.807, 2.05) is 0 Å². The summed E-state index contributed by atoms with van der Waals surface area (Å²) in [5.74, 6) is 1.03. The van der Waals surface area contributed by atoms with Gasteiger partial charge in [0.2, 0.25) is 5.91 Å². The number of nitrogens with zero attached hydrogens (tertiary/aromatic N) is 2. The molecule has 1 aromatic carbocycles. The highest BCUT2D eigenvalue weighted by Gasteiger charge is 2.40. The minimum absolute atomic E-state index is 0.0404. The number of hydrogen-bond donors (Lipinski definition) is 1. The van der Waals surface area contributed by atoms with E-state index in [4.69, 9.17) is 0 Å². The Morgan fingerprint density at radius 1 is 1.17 bits per heavy atom. The van der Waals surface area contributed by atoms with Gasteiger partial charge in [0.05, 0.1) is 6.04 Å². The summed E-state index contributed by atoms with van der Waals surface area (Å²) in [5.41, 5.74) is 2.52. The summed E-state index contributed by atoms with van der Waals surface area (Å²) in [4.78, 5) is 17.4. The number of likely N-dealkylation sites (N-methyl/N-ethyl adjacent to an activating group) is 1. The molecule has 1 N–H and O–H groups in total. The van der Waals surface area contributed by atoms with Crippen molar-refractivity contribution in [2.45, 2.75) is 50.7 Å². The molecule has 2 fully saturated rings. The van der Waals surface area contributed by atoms with Crippen molar-refractivity contribution in [3.8, 4) is 0 Å². The number of amides is 1. The third kappa shape index (κ3) is 2.85. The summed E-state index contributed by atoms with van der Waals surface area (Å²) in [6, 6.07) is 9.09. The van der Waals surface area contributed by atoms with E-state index in [0.29, 0.717) is 11.9 Å². The van der Waals surface area contributed by atoms with Crippen LogP contribution in [0.25, 0.3) is 0 Å². The number of benzene rings is 1. The third-order valence-corrected chi connectivity index (χ3v) is 5.94. The fourth-order valence-corrected chi connectivity index (χ4v) is 4.61. The van der Waals surface area contributed by atoms with Gasteiger partial charge in [-0.3, -0.25) is 4.79 Å². The van der Waals surface area contributed by atoms with Crippen molar-refractivity contribution < 1.29 is 4.79 Å². The summed E-state index contributed by atoms with van der Waals surface area (Å²) < 4.78 is 0. The van der Waals surface area contributed by atoms with Crippen molar-refractivity contribution in [2.75, 3.05) is 25.0 Å². The summed E-state index contributed by atoms with van der Waals surface area (Å²) in [7, 11) is 2.12. The number of fused-ring (bicyclic) bond motifs is 2. The monoisotopic (exact) mass is 313 g/mol. The Bertz CT molecular complexity index is 574. The average molecular weight is 313 g/mol. The summed E-state index contributed by atoms with van der Waals surface area (Å²) in [6.07, 6.45) is 6.24. The molecular weight excluding hydrogens is 286 g/mol. The van der Waals surface area contributed by atoms with Gasteiger partial charge >= 0.3 is 0 Å². The standard InChI is InChI=1S/C19H27N3O/c1-21-10-11-22(13-15-7-3-5-9-18(15)21)19(23)17-12-14-6-2-4-8-16(14)20-17/h3,5,7,9,14,16-17,20H,2,4,6,8,10-13H2,1H3. The Kier molecular flexibility index (Phi) is 4.02. The molecule has 4 rings (SSSR count). The first-order valence-electron chi connectivity index (χ1n) is 9.06. The maximum atomic E-state index is 13.1. The van der Waals surface area contributed by atoms with Gasteiger partial charge in [-0.1, -0.05) is 31.0 Å². The molecule has 0 radical (unpaired) electrons. The summed E-state index contributed by atoms with van der Waals surface area (Å²) in [6.45, 7) is 2.46. The van der Waals surface area contributed by atoms with E-state index in [9.17, 15) is 4.79 Å². The van der Waals surface area contributed by atoms with Gasteiger partial charge in [0.25, 0.3) is 0 Å². The van der Waals surface area contributed by atoms with E-state index in [-0.39, 0.29) is 6.04 Å². The van der Waals surface area contributed by atoms with Crippen LogP contribution in [0.4, 0.5) is 5.69 Å². The second kappa shape index (κ2) is 6.16. The number of anilines is 1. The van der Waals surface area contributed by atoms with Crippen LogP contribution in [0.5, 0.6) is 0 Å². The van der Waals surface area contributed by atoms with Crippen LogP contribution in [-0.2, 0) is 11.3 Å². The maximum Gasteiger partial charge on any atom is 0.240 e. The molecule has 1 saturated carbocycles. The molecule has 0 bridgehead atoms. The molecule has 124 valence electrons. The molecule has 2 aliphatic heterocycles. The molecule has 4 heteroatoms. The molecule has 4 nitrogen and oxygen atoms in total. The molecule has 0 spiro atoms. The minimum Gasteiger partial charge on any atom is -0.373 e. The van der Waals surface area contributed by atoms with Crippen LogP contribution in [-0.4, -0.2) is 43.0 Å². The quantitative estimate of drug-likeness (QED) is 0.865. The zero-order chi connectivity index (χ0) is 15.8. The van der Waals surface area contributed by atoms with E-state index in [2.05, 4.69) is 46.4 Å². The first-order valence-corrected chi connectivity index (χ1v) is 9.06. The average Bonchev–Trinajstić information content (AvgIpc) is 2.94. The molecule has 3 aliphatic rings. The molecule has 1 saturated heterocycles.